The highest BCUT2D eigenvalue weighted by Gasteiger charge is 2.24. The molecule has 0 amide bonds. The molecular weight excluding hydrogens is 134 g/mol. The number of rotatable bonds is 4. The molecule has 1 aliphatic carbocycles. The zero-order chi connectivity index (χ0) is 8.10. The third kappa shape index (κ3) is 2.33. The molecule has 1 nitrogen and oxygen atoms in total. The molecule has 11 heavy (non-hydrogen) atoms. The standard InChI is InChI=1S/C10H19N/c1-2-3-5-9-6-4-7-10(9)8-11/h2,9-10H,1,3-8,11H2. The summed E-state index contributed by atoms with van der Waals surface area (Å²) >= 11 is 0. The molecule has 0 radical (unpaired) electrons. The van der Waals surface area contributed by atoms with E-state index in [2.05, 4.69) is 6.58 Å². The number of hydrogen-bond donors (Lipinski definition) is 1. The first-order valence-electron chi connectivity index (χ1n) is 4.69. The van der Waals surface area contributed by atoms with E-state index in [1.807, 2.05) is 6.08 Å². The van der Waals surface area contributed by atoms with Crippen LogP contribution in [0.4, 0.5) is 0 Å². The van der Waals surface area contributed by atoms with Gasteiger partial charge in [-0.25, -0.2) is 0 Å². The molecule has 0 spiro atoms. The molecular formula is C10H19N. The maximum atomic E-state index is 5.67. The summed E-state index contributed by atoms with van der Waals surface area (Å²) < 4.78 is 0. The first-order chi connectivity index (χ1) is 5.38. The lowest BCUT2D eigenvalue weighted by Crippen LogP contribution is -2.18. The molecule has 0 bridgehead atoms. The average Bonchev–Trinajstić information content (AvgIpc) is 2.47. The first kappa shape index (κ1) is 8.79. The second kappa shape index (κ2) is 4.55. The van der Waals surface area contributed by atoms with Crippen LogP contribution in [0.25, 0.3) is 0 Å². The van der Waals surface area contributed by atoms with E-state index in [1.165, 1.54) is 32.1 Å². The Bertz CT molecular complexity index is 120. The van der Waals surface area contributed by atoms with Crippen molar-refractivity contribution < 1.29 is 0 Å². The molecule has 0 aromatic heterocycles. The summed E-state index contributed by atoms with van der Waals surface area (Å²) in [6.07, 6.45) is 8.65. The Labute approximate surface area is 69.7 Å². The van der Waals surface area contributed by atoms with Crippen LogP contribution in [0.1, 0.15) is 32.1 Å². The van der Waals surface area contributed by atoms with Crippen molar-refractivity contribution in [3.8, 4) is 0 Å². The van der Waals surface area contributed by atoms with Crippen LogP contribution in [0.2, 0.25) is 0 Å². The van der Waals surface area contributed by atoms with Crippen molar-refractivity contribution in [3.05, 3.63) is 12.7 Å². The van der Waals surface area contributed by atoms with Gasteiger partial charge in [-0.2, -0.15) is 0 Å². The van der Waals surface area contributed by atoms with Crippen LogP contribution < -0.4 is 5.73 Å². The lowest BCUT2D eigenvalue weighted by Gasteiger charge is -2.16. The van der Waals surface area contributed by atoms with Crippen molar-refractivity contribution >= 4 is 0 Å². The summed E-state index contributed by atoms with van der Waals surface area (Å²) in [5.74, 6) is 1.72. The van der Waals surface area contributed by atoms with E-state index in [0.717, 1.165) is 18.4 Å². The van der Waals surface area contributed by atoms with E-state index < -0.39 is 0 Å². The molecule has 2 N–H and O–H groups in total. The van der Waals surface area contributed by atoms with Crippen molar-refractivity contribution in [2.24, 2.45) is 17.6 Å². The minimum Gasteiger partial charge on any atom is -0.330 e. The minimum atomic E-state index is 0.815. The van der Waals surface area contributed by atoms with Gasteiger partial charge in [0.25, 0.3) is 0 Å². The second-order valence-electron chi connectivity index (χ2n) is 3.55. The van der Waals surface area contributed by atoms with Crippen molar-refractivity contribution in [2.45, 2.75) is 32.1 Å². The zero-order valence-corrected chi connectivity index (χ0v) is 7.26. The Kier molecular flexibility index (Phi) is 3.64. The van der Waals surface area contributed by atoms with Crippen molar-refractivity contribution in [1.82, 2.24) is 0 Å². The maximum absolute atomic E-state index is 5.67. The zero-order valence-electron chi connectivity index (χ0n) is 7.26. The van der Waals surface area contributed by atoms with E-state index in [-0.39, 0.29) is 0 Å². The normalized spacial score (nSPS) is 30.6. The predicted octanol–water partition coefficient (Wildman–Crippen LogP) is 2.33. The lowest BCUT2D eigenvalue weighted by molar-refractivity contribution is 0.375. The van der Waals surface area contributed by atoms with Crippen molar-refractivity contribution in [3.63, 3.8) is 0 Å². The van der Waals surface area contributed by atoms with Gasteiger partial charge in [0.05, 0.1) is 0 Å². The van der Waals surface area contributed by atoms with Crippen LogP contribution in [0, 0.1) is 11.8 Å². The molecule has 1 saturated carbocycles. The van der Waals surface area contributed by atoms with Crippen LogP contribution in [0.3, 0.4) is 0 Å². The van der Waals surface area contributed by atoms with E-state index >= 15 is 0 Å². The van der Waals surface area contributed by atoms with Gasteiger partial charge in [-0.15, -0.1) is 6.58 Å². The topological polar surface area (TPSA) is 26.0 Å². The fourth-order valence-corrected chi connectivity index (χ4v) is 2.14. The van der Waals surface area contributed by atoms with E-state index in [9.17, 15) is 0 Å². The summed E-state index contributed by atoms with van der Waals surface area (Å²) in [6, 6.07) is 0. The quantitative estimate of drug-likeness (QED) is 0.616. The fraction of sp³-hybridized carbons (Fsp3) is 0.800. The molecule has 0 heterocycles. The van der Waals surface area contributed by atoms with Crippen molar-refractivity contribution in [1.29, 1.82) is 0 Å². The van der Waals surface area contributed by atoms with E-state index in [0.29, 0.717) is 0 Å². The van der Waals surface area contributed by atoms with Crippen LogP contribution >= 0.6 is 0 Å². The highest BCUT2D eigenvalue weighted by atomic mass is 14.6. The molecule has 0 aromatic rings. The number of nitrogens with two attached hydrogens (primary N) is 1. The highest BCUT2D eigenvalue weighted by Crippen LogP contribution is 2.33. The molecule has 2 atom stereocenters. The van der Waals surface area contributed by atoms with Gasteiger partial charge in [0.2, 0.25) is 0 Å². The third-order valence-corrected chi connectivity index (χ3v) is 2.86. The van der Waals surface area contributed by atoms with Gasteiger partial charge in [0.1, 0.15) is 0 Å². The van der Waals surface area contributed by atoms with Crippen LogP contribution in [0.5, 0.6) is 0 Å². The number of hydrogen-bond acceptors (Lipinski definition) is 1. The molecule has 0 saturated heterocycles. The Morgan fingerprint density at radius 1 is 1.36 bits per heavy atom. The van der Waals surface area contributed by atoms with Crippen LogP contribution in [-0.2, 0) is 0 Å². The smallest absolute Gasteiger partial charge is 0.00462 e. The van der Waals surface area contributed by atoms with Gasteiger partial charge in [-0.05, 0) is 37.6 Å². The molecule has 1 heteroatoms. The molecule has 2 unspecified atom stereocenters. The van der Waals surface area contributed by atoms with Gasteiger partial charge in [-0.1, -0.05) is 18.9 Å². The van der Waals surface area contributed by atoms with Crippen molar-refractivity contribution in [2.75, 3.05) is 6.54 Å². The number of allylic oxidation sites excluding steroid dienone is 1. The predicted molar refractivity (Wildman–Crippen MR) is 49.3 cm³/mol. The van der Waals surface area contributed by atoms with Crippen LogP contribution in [0.15, 0.2) is 12.7 Å². The summed E-state index contributed by atoms with van der Waals surface area (Å²) in [5.41, 5.74) is 5.67. The first-order valence-corrected chi connectivity index (χ1v) is 4.69. The largest absolute Gasteiger partial charge is 0.330 e. The lowest BCUT2D eigenvalue weighted by atomic mass is 9.92. The van der Waals surface area contributed by atoms with Crippen LogP contribution in [-0.4, -0.2) is 6.54 Å². The Morgan fingerprint density at radius 3 is 2.73 bits per heavy atom. The third-order valence-electron chi connectivity index (χ3n) is 2.86. The summed E-state index contributed by atoms with van der Waals surface area (Å²) in [4.78, 5) is 0. The van der Waals surface area contributed by atoms with Gasteiger partial charge in [0, 0.05) is 0 Å². The SMILES string of the molecule is C=CCCC1CCCC1CN. The molecule has 1 rings (SSSR count). The van der Waals surface area contributed by atoms with E-state index in [4.69, 9.17) is 5.73 Å². The molecule has 0 aliphatic heterocycles. The molecule has 0 aromatic carbocycles. The maximum Gasteiger partial charge on any atom is -0.00462 e. The summed E-state index contributed by atoms with van der Waals surface area (Å²) in [6.45, 7) is 4.63. The Hall–Kier alpha value is -0.300. The molecule has 1 aliphatic rings. The summed E-state index contributed by atoms with van der Waals surface area (Å²) in [7, 11) is 0. The minimum absolute atomic E-state index is 0.815. The Balaban J connectivity index is 2.25. The van der Waals surface area contributed by atoms with Gasteiger partial charge in [-0.3, -0.25) is 0 Å². The average molecular weight is 153 g/mol. The molecule has 1 fully saturated rings. The van der Waals surface area contributed by atoms with Gasteiger partial charge in [0.15, 0.2) is 0 Å². The van der Waals surface area contributed by atoms with Gasteiger partial charge < -0.3 is 5.73 Å². The monoisotopic (exact) mass is 153 g/mol. The van der Waals surface area contributed by atoms with E-state index in [1.54, 1.807) is 0 Å². The summed E-state index contributed by atoms with van der Waals surface area (Å²) in [5, 5.41) is 0. The fourth-order valence-electron chi connectivity index (χ4n) is 2.14. The highest BCUT2D eigenvalue weighted by molar-refractivity contribution is 4.80. The Morgan fingerprint density at radius 2 is 2.09 bits per heavy atom. The van der Waals surface area contributed by atoms with Gasteiger partial charge >= 0.3 is 0 Å². The second-order valence-corrected chi connectivity index (χ2v) is 3.55. The molecule has 64 valence electrons.